The topological polar surface area (TPSA) is 18.5 Å². The lowest BCUT2D eigenvalue weighted by Gasteiger charge is -2.27. The molecule has 0 atom stereocenters. The molecule has 8 rings (SSSR count). The average molecular weight is 765 g/mol. The Morgan fingerprint density at radius 3 is 1.21 bits per heavy atom. The van der Waals surface area contributed by atoms with Crippen LogP contribution in [0.25, 0.3) is 54.2 Å². The molecule has 8 aromatic rings. The Bertz CT molecular complexity index is 2720. The highest BCUT2D eigenvalue weighted by Crippen LogP contribution is 2.54. The van der Waals surface area contributed by atoms with Crippen molar-refractivity contribution in [3.05, 3.63) is 143 Å². The first kappa shape index (κ1) is 39.5. The van der Waals surface area contributed by atoms with Gasteiger partial charge in [0, 0.05) is 27.1 Å². The molecule has 0 spiro atoms. The zero-order valence-electron chi connectivity index (χ0n) is 36.7. The molecular formula is C56H60O2. The lowest BCUT2D eigenvalue weighted by molar-refractivity contribution is 0.469. The summed E-state index contributed by atoms with van der Waals surface area (Å²) >= 11 is 0. The molecule has 2 heteroatoms. The zero-order valence-corrected chi connectivity index (χ0v) is 36.7. The van der Waals surface area contributed by atoms with Crippen LogP contribution in [0.5, 0.6) is 23.0 Å². The Hall–Kier alpha value is -5.34. The highest BCUT2D eigenvalue weighted by atomic mass is 16.5. The van der Waals surface area contributed by atoms with Crippen molar-refractivity contribution in [2.75, 3.05) is 0 Å². The van der Waals surface area contributed by atoms with Gasteiger partial charge in [0.15, 0.2) is 0 Å². The van der Waals surface area contributed by atoms with Crippen molar-refractivity contribution in [2.45, 2.75) is 119 Å². The average Bonchev–Trinajstić information content (AvgIpc) is 3.19. The van der Waals surface area contributed by atoms with Gasteiger partial charge >= 0.3 is 0 Å². The summed E-state index contributed by atoms with van der Waals surface area (Å²) in [6, 6.07) is 40.7. The first-order chi connectivity index (χ1) is 27.8. The van der Waals surface area contributed by atoms with E-state index in [2.05, 4.69) is 192 Å². The fourth-order valence-corrected chi connectivity index (χ4v) is 9.39. The van der Waals surface area contributed by atoms with Gasteiger partial charge in [-0.25, -0.2) is 0 Å². The minimum atomic E-state index is 0.284. The van der Waals surface area contributed by atoms with E-state index < -0.39 is 0 Å². The minimum absolute atomic E-state index is 0.284. The molecular weight excluding hydrogens is 705 g/mol. The Balaban J connectivity index is 1.57. The monoisotopic (exact) mass is 764 g/mol. The second-order valence-electron chi connectivity index (χ2n) is 18.3. The number of ether oxygens (including phenoxy) is 2. The third-order valence-electron chi connectivity index (χ3n) is 12.4. The second-order valence-corrected chi connectivity index (χ2v) is 18.3. The highest BCUT2D eigenvalue weighted by Gasteiger charge is 2.28. The first-order valence-corrected chi connectivity index (χ1v) is 21.7. The smallest absolute Gasteiger partial charge is 0.143 e. The minimum Gasteiger partial charge on any atom is -0.456 e. The van der Waals surface area contributed by atoms with Crippen molar-refractivity contribution in [3.8, 4) is 34.1 Å². The number of benzene rings is 8. The van der Waals surface area contributed by atoms with Gasteiger partial charge in [0.1, 0.15) is 23.0 Å². The molecule has 0 saturated heterocycles. The third-order valence-corrected chi connectivity index (χ3v) is 12.4. The van der Waals surface area contributed by atoms with Crippen LogP contribution in [0.15, 0.2) is 109 Å². The predicted molar refractivity (Wildman–Crippen MR) is 251 cm³/mol. The Morgan fingerprint density at radius 1 is 0.328 bits per heavy atom. The van der Waals surface area contributed by atoms with E-state index in [1.165, 1.54) is 71.3 Å². The molecule has 0 heterocycles. The molecule has 58 heavy (non-hydrogen) atoms. The molecule has 0 aliphatic carbocycles. The summed E-state index contributed by atoms with van der Waals surface area (Å²) in [5.74, 6) is 5.63. The maximum Gasteiger partial charge on any atom is 0.143 e. The van der Waals surface area contributed by atoms with E-state index in [0.717, 1.165) is 39.3 Å². The van der Waals surface area contributed by atoms with Gasteiger partial charge in [-0.15, -0.1) is 0 Å². The number of para-hydroxylation sites is 2. The molecule has 0 saturated carbocycles. The van der Waals surface area contributed by atoms with Crippen molar-refractivity contribution in [3.63, 3.8) is 0 Å². The SMILES string of the molecule is CC(C)c1cccc(C(C)C)c1Oc1ccc2cccc3c4c(Oc5c(C(C)C)cccc5C(C)C)c(-c5c(C(C)C)cccc5C(C)C)cc5cccc(c1c23)c54. The highest BCUT2D eigenvalue weighted by molar-refractivity contribution is 6.36. The predicted octanol–water partition coefficient (Wildman–Crippen LogP) is 17.7. The number of rotatable bonds is 11. The molecule has 0 unspecified atom stereocenters. The zero-order chi connectivity index (χ0) is 41.2. The van der Waals surface area contributed by atoms with Gasteiger partial charge in [-0.1, -0.05) is 180 Å². The number of hydrogen-bond donors (Lipinski definition) is 0. The third kappa shape index (κ3) is 6.59. The van der Waals surface area contributed by atoms with Crippen LogP contribution in [-0.4, -0.2) is 0 Å². The lowest BCUT2D eigenvalue weighted by Crippen LogP contribution is -2.05. The van der Waals surface area contributed by atoms with Crippen LogP contribution in [0.1, 0.15) is 152 Å². The number of hydrogen-bond acceptors (Lipinski definition) is 2. The normalized spacial score (nSPS) is 12.4. The van der Waals surface area contributed by atoms with Crippen LogP contribution < -0.4 is 9.47 Å². The fraction of sp³-hybridized carbons (Fsp3) is 0.321. The van der Waals surface area contributed by atoms with Crippen molar-refractivity contribution in [1.29, 1.82) is 0 Å². The van der Waals surface area contributed by atoms with Gasteiger partial charge in [-0.05, 0) is 108 Å². The molecule has 0 amide bonds. The van der Waals surface area contributed by atoms with Gasteiger partial charge in [-0.3, -0.25) is 0 Å². The van der Waals surface area contributed by atoms with Crippen LogP contribution in [-0.2, 0) is 0 Å². The van der Waals surface area contributed by atoms with Crippen LogP contribution in [0.3, 0.4) is 0 Å². The molecule has 8 aromatic carbocycles. The van der Waals surface area contributed by atoms with Gasteiger partial charge in [0.25, 0.3) is 0 Å². The fourth-order valence-electron chi connectivity index (χ4n) is 9.39. The van der Waals surface area contributed by atoms with Crippen molar-refractivity contribution in [1.82, 2.24) is 0 Å². The molecule has 296 valence electrons. The molecule has 0 aromatic heterocycles. The van der Waals surface area contributed by atoms with Crippen LogP contribution in [0, 0.1) is 0 Å². The van der Waals surface area contributed by atoms with Gasteiger partial charge in [0.05, 0.1) is 0 Å². The molecule has 0 fully saturated rings. The van der Waals surface area contributed by atoms with E-state index >= 15 is 0 Å². The summed E-state index contributed by atoms with van der Waals surface area (Å²) in [5, 5.41) is 9.47. The summed E-state index contributed by atoms with van der Waals surface area (Å²) in [7, 11) is 0. The summed E-state index contributed by atoms with van der Waals surface area (Å²) in [6.07, 6.45) is 0. The summed E-state index contributed by atoms with van der Waals surface area (Å²) in [4.78, 5) is 0. The molecule has 0 N–H and O–H groups in total. The van der Waals surface area contributed by atoms with Gasteiger partial charge in [-0.2, -0.15) is 0 Å². The summed E-state index contributed by atoms with van der Waals surface area (Å²) in [5.41, 5.74) is 10.1. The van der Waals surface area contributed by atoms with Crippen LogP contribution in [0.2, 0.25) is 0 Å². The number of fused-ring (bicyclic) bond motifs is 2. The van der Waals surface area contributed by atoms with E-state index in [-0.39, 0.29) is 11.8 Å². The van der Waals surface area contributed by atoms with Crippen LogP contribution >= 0.6 is 0 Å². The Kier molecular flexibility index (Phi) is 10.5. The maximum atomic E-state index is 7.76. The van der Waals surface area contributed by atoms with Gasteiger partial charge in [0.2, 0.25) is 0 Å². The molecule has 0 aliphatic heterocycles. The van der Waals surface area contributed by atoms with Crippen molar-refractivity contribution >= 4 is 43.1 Å². The largest absolute Gasteiger partial charge is 0.456 e. The summed E-state index contributed by atoms with van der Waals surface area (Å²) in [6.45, 7) is 27.4. The van der Waals surface area contributed by atoms with Gasteiger partial charge < -0.3 is 9.47 Å². The lowest BCUT2D eigenvalue weighted by atomic mass is 9.81. The molecule has 0 radical (unpaired) electrons. The Morgan fingerprint density at radius 2 is 0.724 bits per heavy atom. The standard InChI is InChI=1S/C56H60O2/c1-31(2)39-20-15-21-40(32(3)4)51(39)47-30-38-19-14-26-45-50(38)53(56(47)58-55-43(35(9)10)24-17-25-44(55)36(11)12)46-27-13-18-37-28-29-48(52(45)49(37)46)57-54-41(33(5)6)22-16-23-42(54)34(7)8/h13-36H,1-12H3. The van der Waals surface area contributed by atoms with E-state index in [4.69, 9.17) is 9.47 Å². The second kappa shape index (κ2) is 15.4. The van der Waals surface area contributed by atoms with E-state index in [1.54, 1.807) is 0 Å². The quantitative estimate of drug-likeness (QED) is 0.0965. The van der Waals surface area contributed by atoms with E-state index in [9.17, 15) is 0 Å². The Labute approximate surface area is 346 Å². The van der Waals surface area contributed by atoms with Crippen LogP contribution in [0.4, 0.5) is 0 Å². The molecule has 2 nitrogen and oxygen atoms in total. The first-order valence-electron chi connectivity index (χ1n) is 21.7. The van der Waals surface area contributed by atoms with E-state index in [1.807, 2.05) is 0 Å². The summed E-state index contributed by atoms with van der Waals surface area (Å²) < 4.78 is 15.0. The van der Waals surface area contributed by atoms with Crippen molar-refractivity contribution in [2.24, 2.45) is 0 Å². The molecule has 0 aliphatic rings. The maximum absolute atomic E-state index is 7.76. The van der Waals surface area contributed by atoms with E-state index in [0.29, 0.717) is 23.7 Å². The van der Waals surface area contributed by atoms with Crippen molar-refractivity contribution < 1.29 is 9.47 Å². The molecule has 0 bridgehead atoms.